The van der Waals surface area contributed by atoms with Crippen molar-refractivity contribution in [2.24, 2.45) is 4.99 Å². The first-order valence-electron chi connectivity index (χ1n) is 16.4. The normalized spacial score (nSPS) is 24.6. The molecular weight excluding hydrogens is 630 g/mol. The molecule has 1 aromatic carbocycles. The molecule has 0 saturated carbocycles. The number of aliphatic imine (C=N–C) groups is 1. The van der Waals surface area contributed by atoms with E-state index in [1.54, 1.807) is 22.2 Å². The average Bonchev–Trinajstić information content (AvgIpc) is 3.76. The fraction of sp³-hybridized carbons (Fsp3) is 0.289. The van der Waals surface area contributed by atoms with Gasteiger partial charge in [-0.05, 0) is 79.6 Å². The van der Waals surface area contributed by atoms with Gasteiger partial charge in [-0.15, -0.1) is 11.3 Å². The van der Waals surface area contributed by atoms with Gasteiger partial charge in [0.15, 0.2) is 17.2 Å². The molecule has 0 amide bonds. The van der Waals surface area contributed by atoms with Crippen LogP contribution in [-0.4, -0.2) is 31.4 Å². The van der Waals surface area contributed by atoms with E-state index in [0.29, 0.717) is 23.6 Å². The number of allylic oxidation sites excluding steroid dienone is 4. The van der Waals surface area contributed by atoms with Gasteiger partial charge in [0.05, 0.1) is 23.6 Å². The molecule has 9 rings (SSSR count). The van der Waals surface area contributed by atoms with Gasteiger partial charge in [-0.25, -0.2) is 9.67 Å². The maximum absolute atomic E-state index is 14.7. The molecule has 0 fully saturated rings. The van der Waals surface area contributed by atoms with Crippen LogP contribution in [0.15, 0.2) is 89.8 Å². The molecule has 10 heteroatoms. The Morgan fingerprint density at radius 2 is 2.02 bits per heavy atom. The van der Waals surface area contributed by atoms with Crippen LogP contribution in [-0.2, 0) is 18.3 Å². The number of nitrogens with zero attached hydrogens (tertiary/aromatic N) is 6. The third-order valence-electron chi connectivity index (χ3n) is 10.7. The Balaban J connectivity index is 1.48. The van der Waals surface area contributed by atoms with Gasteiger partial charge in [-0.2, -0.15) is 18.3 Å². The molecule has 4 aromatic rings. The number of rotatable bonds is 4. The molecule has 1 aliphatic carbocycles. The summed E-state index contributed by atoms with van der Waals surface area (Å²) in [6.07, 6.45) is 14.8. The Bertz CT molecular complexity index is 2340. The number of benzene rings is 1. The summed E-state index contributed by atoms with van der Waals surface area (Å²) in [5.74, 6) is 0.570. The van der Waals surface area contributed by atoms with E-state index in [1.165, 1.54) is 21.7 Å². The lowest BCUT2D eigenvalue weighted by Gasteiger charge is -2.63. The zero-order valence-corrected chi connectivity index (χ0v) is 27.7. The van der Waals surface area contributed by atoms with Crippen LogP contribution < -0.4 is 14.7 Å². The number of pyridine rings is 1. The van der Waals surface area contributed by atoms with Crippen LogP contribution in [0.1, 0.15) is 68.6 Å². The lowest BCUT2D eigenvalue weighted by atomic mass is 9.68. The number of fused-ring (bicyclic) bond motifs is 13. The van der Waals surface area contributed by atoms with Crippen molar-refractivity contribution in [2.45, 2.75) is 69.9 Å². The van der Waals surface area contributed by atoms with Gasteiger partial charge >= 0.3 is 6.18 Å². The van der Waals surface area contributed by atoms with Gasteiger partial charge in [0.2, 0.25) is 0 Å². The Kier molecular flexibility index (Phi) is 6.08. The second-order valence-electron chi connectivity index (χ2n) is 13.2. The molecular formula is C38H33F3N6S. The Labute approximate surface area is 279 Å². The fourth-order valence-corrected chi connectivity index (χ4v) is 10.1. The van der Waals surface area contributed by atoms with Crippen molar-refractivity contribution in [3.8, 4) is 0 Å². The zero-order valence-electron chi connectivity index (χ0n) is 26.8. The molecule has 3 atom stereocenters. The highest BCUT2D eigenvalue weighted by Crippen LogP contribution is 2.61. The van der Waals surface area contributed by atoms with Gasteiger partial charge in [-0.1, -0.05) is 56.2 Å². The van der Waals surface area contributed by atoms with Crippen molar-refractivity contribution >= 4 is 50.9 Å². The average molecular weight is 663 g/mol. The van der Waals surface area contributed by atoms with E-state index in [2.05, 4.69) is 59.6 Å². The Morgan fingerprint density at radius 1 is 1.17 bits per heavy atom. The standard InChI is InChI=1S/C38H33F3N6S/c1-5-10-23-13-14-24-25-18-27-26(19-33(25)48-32(24)17-23)31-21-43-28-11-9-15-42-35(28)46(31)37(27)36(6-2,22(3)4)45-16-8-7-12-29(45)30-20-34(38(39,40)41)44-47(30)37/h7-9,11-13,15-21,29H,3,5-6,10,14H2,1-2,4H3. The molecule has 4 aliphatic heterocycles. The minimum Gasteiger partial charge on any atom is -0.352 e. The summed E-state index contributed by atoms with van der Waals surface area (Å²) in [4.78, 5) is 14.0. The minimum absolute atomic E-state index is 0.452. The number of alkyl halides is 3. The van der Waals surface area contributed by atoms with Crippen LogP contribution in [0.25, 0.3) is 21.9 Å². The lowest BCUT2D eigenvalue weighted by Crippen LogP contribution is -2.74. The van der Waals surface area contributed by atoms with Crippen molar-refractivity contribution in [1.82, 2.24) is 19.7 Å². The molecule has 7 heterocycles. The summed E-state index contributed by atoms with van der Waals surface area (Å²) in [6.45, 7) is 10.9. The quantitative estimate of drug-likeness (QED) is 0.210. The van der Waals surface area contributed by atoms with E-state index in [-0.39, 0.29) is 0 Å². The zero-order chi connectivity index (χ0) is 33.2. The van der Waals surface area contributed by atoms with Crippen molar-refractivity contribution in [3.63, 3.8) is 0 Å². The molecule has 3 aromatic heterocycles. The van der Waals surface area contributed by atoms with E-state index in [9.17, 15) is 13.2 Å². The molecule has 0 radical (unpaired) electrons. The fourth-order valence-electron chi connectivity index (χ4n) is 8.89. The number of hydrogen-bond acceptors (Lipinski definition) is 6. The second-order valence-corrected chi connectivity index (χ2v) is 14.2. The van der Waals surface area contributed by atoms with E-state index in [0.717, 1.165) is 51.4 Å². The summed E-state index contributed by atoms with van der Waals surface area (Å²) in [5, 5.41) is 6.57. The summed E-state index contributed by atoms with van der Waals surface area (Å²) in [6, 6.07) is 8.89. The third-order valence-corrected chi connectivity index (χ3v) is 11.9. The van der Waals surface area contributed by atoms with Gasteiger partial charge in [0.1, 0.15) is 11.2 Å². The van der Waals surface area contributed by atoms with Gasteiger partial charge in [0, 0.05) is 32.4 Å². The molecule has 0 bridgehead atoms. The number of aromatic nitrogens is 3. The summed E-state index contributed by atoms with van der Waals surface area (Å²) in [7, 11) is 0. The molecule has 3 unspecified atom stereocenters. The predicted molar refractivity (Wildman–Crippen MR) is 186 cm³/mol. The maximum atomic E-state index is 14.7. The summed E-state index contributed by atoms with van der Waals surface area (Å²) < 4.78 is 48.2. The molecule has 6 nitrogen and oxygen atoms in total. The maximum Gasteiger partial charge on any atom is 0.435 e. The minimum atomic E-state index is -4.65. The predicted octanol–water partition coefficient (Wildman–Crippen LogP) is 7.79. The largest absolute Gasteiger partial charge is 0.435 e. The second kappa shape index (κ2) is 9.92. The number of halogens is 3. The van der Waals surface area contributed by atoms with Crippen LogP contribution in [0.2, 0.25) is 0 Å². The smallest absolute Gasteiger partial charge is 0.352 e. The monoisotopic (exact) mass is 662 g/mol. The Morgan fingerprint density at radius 3 is 2.79 bits per heavy atom. The molecule has 5 aliphatic rings. The number of anilines is 1. The summed E-state index contributed by atoms with van der Waals surface area (Å²) >= 11 is 1.77. The first kappa shape index (κ1) is 29.4. The van der Waals surface area contributed by atoms with Crippen LogP contribution >= 0.6 is 11.3 Å². The van der Waals surface area contributed by atoms with Crippen LogP contribution in [0.3, 0.4) is 0 Å². The highest BCUT2D eigenvalue weighted by Gasteiger charge is 2.69. The number of hydrogen-bond donors (Lipinski definition) is 0. The first-order chi connectivity index (χ1) is 23.1. The van der Waals surface area contributed by atoms with Crippen molar-refractivity contribution in [3.05, 3.63) is 117 Å². The SMILES string of the molecule is C=C(C)C1(CC)N2C=CC=CC2c2cc(C(F)(F)F)nn2C12c1cc3c4c(sc3cc1=C1C=Nc3cccnc3N12)=CC(CCC)=CC4. The van der Waals surface area contributed by atoms with E-state index in [1.807, 2.05) is 49.7 Å². The van der Waals surface area contributed by atoms with Crippen LogP contribution in [0, 0.1) is 0 Å². The van der Waals surface area contributed by atoms with Crippen LogP contribution in [0.5, 0.6) is 0 Å². The first-order valence-corrected chi connectivity index (χ1v) is 17.2. The summed E-state index contributed by atoms with van der Waals surface area (Å²) in [5.41, 5.74) is 2.91. The van der Waals surface area contributed by atoms with Crippen LogP contribution in [0.4, 0.5) is 24.7 Å². The highest BCUT2D eigenvalue weighted by atomic mass is 32.1. The molecule has 0 saturated heterocycles. The van der Waals surface area contributed by atoms with Gasteiger partial charge in [-0.3, -0.25) is 9.89 Å². The third kappa shape index (κ3) is 3.51. The van der Waals surface area contributed by atoms with Crippen molar-refractivity contribution < 1.29 is 13.2 Å². The van der Waals surface area contributed by atoms with Gasteiger partial charge in [0.25, 0.3) is 0 Å². The topological polar surface area (TPSA) is 49.6 Å². The molecule has 242 valence electrons. The molecule has 48 heavy (non-hydrogen) atoms. The Hall–Kier alpha value is -4.70. The molecule has 1 spiro atoms. The highest BCUT2D eigenvalue weighted by molar-refractivity contribution is 7.17. The van der Waals surface area contributed by atoms with Crippen molar-refractivity contribution in [2.75, 3.05) is 4.90 Å². The van der Waals surface area contributed by atoms with Gasteiger partial charge < -0.3 is 4.90 Å². The van der Waals surface area contributed by atoms with E-state index < -0.39 is 29.1 Å². The van der Waals surface area contributed by atoms with Crippen molar-refractivity contribution in [1.29, 1.82) is 0 Å². The van der Waals surface area contributed by atoms with E-state index in [4.69, 9.17) is 9.98 Å². The van der Waals surface area contributed by atoms with E-state index >= 15 is 0 Å². The lowest BCUT2D eigenvalue weighted by molar-refractivity contribution is -0.141. The molecule has 0 N–H and O–H groups in total. The number of thiophene rings is 1.